The third-order valence-electron chi connectivity index (χ3n) is 2.12. The van der Waals surface area contributed by atoms with Crippen LogP contribution in [0.3, 0.4) is 0 Å². The van der Waals surface area contributed by atoms with E-state index in [0.29, 0.717) is 9.90 Å². The highest BCUT2D eigenvalue weighted by Crippen LogP contribution is 2.37. The molecule has 2 rings (SSSR count). The van der Waals surface area contributed by atoms with E-state index >= 15 is 0 Å². The zero-order chi connectivity index (χ0) is 12.6. The Morgan fingerprint density at radius 3 is 2.82 bits per heavy atom. The standard InChI is InChI=1S/C12H10BrClO2S/c1-6(2)16-12(15)11-10(14)8-4-3-7(13)5-9(8)17-11/h3-6H,1-2H3. The van der Waals surface area contributed by atoms with Crippen LogP contribution < -0.4 is 0 Å². The number of carbonyl (C=O) groups is 1. The van der Waals surface area contributed by atoms with E-state index in [1.807, 2.05) is 32.0 Å². The van der Waals surface area contributed by atoms with Crippen LogP contribution in [0.1, 0.15) is 23.5 Å². The Morgan fingerprint density at radius 1 is 1.47 bits per heavy atom. The van der Waals surface area contributed by atoms with E-state index in [1.54, 1.807) is 0 Å². The largest absolute Gasteiger partial charge is 0.459 e. The topological polar surface area (TPSA) is 26.3 Å². The van der Waals surface area contributed by atoms with Crippen molar-refractivity contribution < 1.29 is 9.53 Å². The van der Waals surface area contributed by atoms with Gasteiger partial charge in [0.15, 0.2) is 0 Å². The quantitative estimate of drug-likeness (QED) is 0.732. The van der Waals surface area contributed by atoms with Gasteiger partial charge in [-0.2, -0.15) is 0 Å². The summed E-state index contributed by atoms with van der Waals surface area (Å²) in [6.07, 6.45) is -0.143. The molecule has 17 heavy (non-hydrogen) atoms. The Morgan fingerprint density at radius 2 is 2.18 bits per heavy atom. The van der Waals surface area contributed by atoms with Gasteiger partial charge in [-0.15, -0.1) is 11.3 Å². The molecule has 5 heteroatoms. The summed E-state index contributed by atoms with van der Waals surface area (Å²) in [5.41, 5.74) is 0. The van der Waals surface area contributed by atoms with E-state index in [-0.39, 0.29) is 12.1 Å². The number of benzene rings is 1. The van der Waals surface area contributed by atoms with Crippen molar-refractivity contribution in [3.05, 3.63) is 32.6 Å². The van der Waals surface area contributed by atoms with Crippen molar-refractivity contribution in [3.8, 4) is 0 Å². The number of halogens is 2. The number of ether oxygens (including phenoxy) is 1. The number of hydrogen-bond acceptors (Lipinski definition) is 3. The molecule has 2 nitrogen and oxygen atoms in total. The average molecular weight is 334 g/mol. The Kier molecular flexibility index (Phi) is 3.76. The van der Waals surface area contributed by atoms with E-state index in [4.69, 9.17) is 16.3 Å². The lowest BCUT2D eigenvalue weighted by molar-refractivity contribution is 0.0384. The van der Waals surface area contributed by atoms with Crippen LogP contribution in [0.25, 0.3) is 10.1 Å². The molecule has 90 valence electrons. The molecule has 0 saturated carbocycles. The summed E-state index contributed by atoms with van der Waals surface area (Å²) in [4.78, 5) is 12.3. The maximum Gasteiger partial charge on any atom is 0.350 e. The van der Waals surface area contributed by atoms with Gasteiger partial charge in [-0.3, -0.25) is 0 Å². The van der Waals surface area contributed by atoms with E-state index in [2.05, 4.69) is 15.9 Å². The summed E-state index contributed by atoms with van der Waals surface area (Å²) in [6.45, 7) is 3.63. The van der Waals surface area contributed by atoms with Crippen LogP contribution >= 0.6 is 38.9 Å². The molecule has 0 fully saturated rings. The third kappa shape index (κ3) is 2.64. The predicted octanol–water partition coefficient (Wildman–Crippen LogP) is 4.88. The van der Waals surface area contributed by atoms with Crippen molar-refractivity contribution in [2.24, 2.45) is 0 Å². The summed E-state index contributed by atoms with van der Waals surface area (Å²) in [5, 5.41) is 1.36. The highest BCUT2D eigenvalue weighted by molar-refractivity contribution is 9.10. The maximum atomic E-state index is 11.8. The molecule has 1 aromatic heterocycles. The molecule has 0 atom stereocenters. The Balaban J connectivity index is 2.48. The first-order chi connectivity index (χ1) is 7.99. The molecule has 0 bridgehead atoms. The molecule has 0 unspecified atom stereocenters. The second-order valence-electron chi connectivity index (χ2n) is 3.84. The van der Waals surface area contributed by atoms with Crippen LogP contribution in [-0.4, -0.2) is 12.1 Å². The molecule has 0 aliphatic heterocycles. The number of fused-ring (bicyclic) bond motifs is 1. The monoisotopic (exact) mass is 332 g/mol. The summed E-state index contributed by atoms with van der Waals surface area (Å²) < 4.78 is 7.09. The first-order valence-electron chi connectivity index (χ1n) is 5.07. The molecule has 1 aromatic carbocycles. The second-order valence-corrected chi connectivity index (χ2v) is 6.19. The lowest BCUT2D eigenvalue weighted by Gasteiger charge is -2.05. The van der Waals surface area contributed by atoms with Gasteiger partial charge in [0, 0.05) is 14.6 Å². The summed E-state index contributed by atoms with van der Waals surface area (Å²) in [5.74, 6) is -0.359. The van der Waals surface area contributed by atoms with Crippen LogP contribution in [0.15, 0.2) is 22.7 Å². The highest BCUT2D eigenvalue weighted by atomic mass is 79.9. The van der Waals surface area contributed by atoms with Gasteiger partial charge in [0.1, 0.15) is 4.88 Å². The third-order valence-corrected chi connectivity index (χ3v) is 4.25. The van der Waals surface area contributed by atoms with E-state index in [9.17, 15) is 4.79 Å². The molecular formula is C12H10BrClO2S. The van der Waals surface area contributed by atoms with Crippen LogP contribution in [-0.2, 0) is 4.74 Å². The minimum Gasteiger partial charge on any atom is -0.459 e. The fraction of sp³-hybridized carbons (Fsp3) is 0.250. The molecule has 0 aliphatic rings. The van der Waals surface area contributed by atoms with Gasteiger partial charge in [-0.1, -0.05) is 33.6 Å². The van der Waals surface area contributed by atoms with Crippen molar-refractivity contribution in [1.82, 2.24) is 0 Å². The number of rotatable bonds is 2. The molecule has 0 radical (unpaired) electrons. The summed E-state index contributed by atoms with van der Waals surface area (Å²) in [6, 6.07) is 5.74. The molecule has 0 saturated heterocycles. The smallest absolute Gasteiger partial charge is 0.350 e. The average Bonchev–Trinajstić information content (AvgIpc) is 2.54. The number of hydrogen-bond donors (Lipinski definition) is 0. The first kappa shape index (κ1) is 12.9. The van der Waals surface area contributed by atoms with Gasteiger partial charge in [0.05, 0.1) is 11.1 Å². The van der Waals surface area contributed by atoms with Gasteiger partial charge in [-0.05, 0) is 26.0 Å². The molecule has 0 amide bonds. The van der Waals surface area contributed by atoms with Crippen LogP contribution in [0.2, 0.25) is 5.02 Å². The summed E-state index contributed by atoms with van der Waals surface area (Å²) >= 11 is 10.9. The Hall–Kier alpha value is -0.580. The van der Waals surface area contributed by atoms with Crippen molar-refractivity contribution in [2.75, 3.05) is 0 Å². The van der Waals surface area contributed by atoms with Crippen molar-refractivity contribution in [2.45, 2.75) is 20.0 Å². The molecule has 2 aromatic rings. The minimum absolute atomic E-state index is 0.143. The summed E-state index contributed by atoms with van der Waals surface area (Å²) in [7, 11) is 0. The van der Waals surface area contributed by atoms with Crippen molar-refractivity contribution >= 4 is 54.9 Å². The van der Waals surface area contributed by atoms with Crippen molar-refractivity contribution in [3.63, 3.8) is 0 Å². The van der Waals surface area contributed by atoms with Gasteiger partial charge in [0.25, 0.3) is 0 Å². The molecule has 0 spiro atoms. The second kappa shape index (κ2) is 4.96. The fourth-order valence-electron chi connectivity index (χ4n) is 1.44. The lowest BCUT2D eigenvalue weighted by atomic mass is 10.2. The number of esters is 1. The molecule has 1 heterocycles. The Labute approximate surface area is 117 Å². The minimum atomic E-state index is -0.359. The van der Waals surface area contributed by atoms with Gasteiger partial charge in [-0.25, -0.2) is 4.79 Å². The zero-order valence-electron chi connectivity index (χ0n) is 9.29. The molecule has 0 aliphatic carbocycles. The van der Waals surface area contributed by atoms with Crippen LogP contribution in [0.4, 0.5) is 0 Å². The van der Waals surface area contributed by atoms with Crippen molar-refractivity contribution in [1.29, 1.82) is 0 Å². The Bertz CT molecular complexity index is 577. The van der Waals surface area contributed by atoms with Crippen LogP contribution in [0, 0.1) is 0 Å². The van der Waals surface area contributed by atoms with Gasteiger partial charge < -0.3 is 4.74 Å². The fourth-order valence-corrected chi connectivity index (χ4v) is 3.38. The number of carbonyl (C=O) groups excluding carboxylic acids is 1. The zero-order valence-corrected chi connectivity index (χ0v) is 12.4. The van der Waals surface area contributed by atoms with E-state index in [1.165, 1.54) is 11.3 Å². The molecular weight excluding hydrogens is 324 g/mol. The SMILES string of the molecule is CC(C)OC(=O)c1sc2cc(Br)ccc2c1Cl. The maximum absolute atomic E-state index is 11.8. The highest BCUT2D eigenvalue weighted by Gasteiger charge is 2.19. The number of thiophene rings is 1. The normalized spacial score (nSPS) is 11.1. The first-order valence-corrected chi connectivity index (χ1v) is 7.06. The van der Waals surface area contributed by atoms with Crippen LogP contribution in [0.5, 0.6) is 0 Å². The predicted molar refractivity (Wildman–Crippen MR) is 75.1 cm³/mol. The lowest BCUT2D eigenvalue weighted by Crippen LogP contribution is -2.10. The molecule has 0 N–H and O–H groups in total. The van der Waals surface area contributed by atoms with Gasteiger partial charge >= 0.3 is 5.97 Å². The van der Waals surface area contributed by atoms with E-state index < -0.39 is 0 Å². The van der Waals surface area contributed by atoms with E-state index in [0.717, 1.165) is 14.6 Å². The van der Waals surface area contributed by atoms with Gasteiger partial charge in [0.2, 0.25) is 0 Å².